The third kappa shape index (κ3) is 13.2. The summed E-state index contributed by atoms with van der Waals surface area (Å²) in [7, 11) is -10.3. The van der Waals surface area contributed by atoms with E-state index in [1.807, 2.05) is 0 Å². The summed E-state index contributed by atoms with van der Waals surface area (Å²) in [4.78, 5) is 1.13. The Morgan fingerprint density at radius 1 is 0.433 bits per heavy atom. The maximum absolute atomic E-state index is 14.1. The summed E-state index contributed by atoms with van der Waals surface area (Å²) in [5.74, 6) is 0. The Morgan fingerprint density at radius 2 is 0.687 bits per heavy atom. The lowest BCUT2D eigenvalue weighted by Crippen LogP contribution is -3.00. The summed E-state index contributed by atoms with van der Waals surface area (Å²) in [5, 5.41) is -0.0300. The second-order valence-corrected chi connectivity index (χ2v) is 21.1. The van der Waals surface area contributed by atoms with Crippen LogP contribution in [0.5, 0.6) is 0 Å². The molecule has 0 aliphatic heterocycles. The Bertz CT molecular complexity index is 2560. The van der Waals surface area contributed by atoms with Crippen molar-refractivity contribution in [2.45, 2.75) is 115 Å². The van der Waals surface area contributed by atoms with E-state index in [4.69, 9.17) is 0 Å². The van der Waals surface area contributed by atoms with Crippen LogP contribution in [0, 0.1) is 0 Å². The molecule has 0 fully saturated rings. The van der Waals surface area contributed by atoms with E-state index in [0.29, 0.717) is 0 Å². The second-order valence-electron chi connectivity index (χ2n) is 17.8. The molecule has 0 spiro atoms. The average Bonchev–Trinajstić information content (AvgIpc) is 3.54. The van der Waals surface area contributed by atoms with Gasteiger partial charge in [-0.1, -0.05) is 41.5 Å². The number of aromatic amines is 1. The van der Waals surface area contributed by atoms with Crippen LogP contribution in [0.1, 0.15) is 103 Å². The molecule has 8 nitrogen and oxygen atoms in total. The van der Waals surface area contributed by atoms with Crippen molar-refractivity contribution in [1.29, 1.82) is 0 Å². The van der Waals surface area contributed by atoms with E-state index in [9.17, 15) is 69.5 Å². The van der Waals surface area contributed by atoms with Gasteiger partial charge in [0, 0.05) is 10.8 Å². The molecule has 0 atom stereocenters. The summed E-state index contributed by atoms with van der Waals surface area (Å²) in [5.41, 5.74) is -11.7. The summed E-state index contributed by atoms with van der Waals surface area (Å²) in [6, 6.07) is 5.21. The number of alkyl halides is 12. The van der Waals surface area contributed by atoms with Crippen LogP contribution in [0.3, 0.4) is 0 Å². The van der Waals surface area contributed by atoms with Gasteiger partial charge in [-0.05, 0) is 110 Å². The predicted molar refractivity (Wildman–Crippen MR) is 230 cm³/mol. The van der Waals surface area contributed by atoms with Crippen LogP contribution in [-0.4, -0.2) is 52.5 Å². The maximum Gasteiger partial charge on any atom is 0.416 e. The lowest BCUT2D eigenvalue weighted by Gasteiger charge is -2.34. The molecule has 1 aromatic heterocycles. The van der Waals surface area contributed by atoms with Crippen LogP contribution < -0.4 is 33.4 Å². The van der Waals surface area contributed by atoms with Crippen molar-refractivity contribution in [3.05, 3.63) is 94.0 Å². The van der Waals surface area contributed by atoms with Crippen molar-refractivity contribution >= 4 is 53.2 Å². The highest BCUT2D eigenvalue weighted by atomic mass is 127. The van der Waals surface area contributed by atoms with Gasteiger partial charge in [0.1, 0.15) is 9.79 Å². The fraction of sp³-hybridized carbons (Fsp3) is 0.455. The number of rotatable bonds is 10. The Kier molecular flexibility index (Phi) is 16.6. The normalized spacial score (nSPS) is 13.6. The van der Waals surface area contributed by atoms with Gasteiger partial charge in [-0.2, -0.15) is 52.7 Å². The minimum absolute atomic E-state index is 0. The van der Waals surface area contributed by atoms with Crippen molar-refractivity contribution in [1.82, 2.24) is 4.98 Å². The lowest BCUT2D eigenvalue weighted by molar-refractivity contribution is -0.921. The van der Waals surface area contributed by atoms with Crippen LogP contribution in [0.2, 0.25) is 0 Å². The van der Waals surface area contributed by atoms with Gasteiger partial charge in [0.2, 0.25) is 0 Å². The molecule has 374 valence electrons. The van der Waals surface area contributed by atoms with E-state index in [-0.39, 0.29) is 82.3 Å². The van der Waals surface area contributed by atoms with Crippen LogP contribution >= 0.6 is 0 Å². The third-order valence-corrected chi connectivity index (χ3v) is 14.2. The summed E-state index contributed by atoms with van der Waals surface area (Å²) < 4.78 is 225. The predicted octanol–water partition coefficient (Wildman–Crippen LogP) is 10.5. The lowest BCUT2D eigenvalue weighted by atomic mass is 9.85. The molecular weight excluding hydrogens is 1070 g/mol. The van der Waals surface area contributed by atoms with Gasteiger partial charge in [0.05, 0.1) is 70.8 Å². The topological polar surface area (TPSA) is 108 Å². The van der Waals surface area contributed by atoms with E-state index < -0.39 is 110 Å². The number of hydrogen-bond acceptors (Lipinski definition) is 4. The number of sulfonamides is 2. The Morgan fingerprint density at radius 3 is 0.881 bits per heavy atom. The van der Waals surface area contributed by atoms with E-state index >= 15 is 0 Å². The summed E-state index contributed by atoms with van der Waals surface area (Å²) in [6.07, 6.45) is -21.3. The first kappa shape index (κ1) is 57.3. The first-order valence-electron chi connectivity index (χ1n) is 20.4. The number of aromatic nitrogens is 1. The van der Waals surface area contributed by atoms with E-state index in [0.717, 1.165) is 12.1 Å². The van der Waals surface area contributed by atoms with Crippen molar-refractivity contribution in [2.24, 2.45) is 0 Å². The number of H-pyrrole nitrogens is 1. The highest BCUT2D eigenvalue weighted by molar-refractivity contribution is 7.93. The van der Waals surface area contributed by atoms with Crippen LogP contribution in [0.15, 0.2) is 70.5 Å². The SMILES string of the molecule is CC(C)(C)c1cc(S(=O)(=O)Nc2cc(C(F)(F)F)cc(C(F)(F)F)c2)c2[nH]c3c(S(=O)(=O)Nc4cc(C(F)(F)F)cc(C(F)(F)F)c4)cc(C(C)(C)C)cc3c2c1.CC[N+](CC)(CC)CC.[I-]. The molecule has 0 radical (unpaired) electrons. The summed E-state index contributed by atoms with van der Waals surface area (Å²) in [6.45, 7) is 24.1. The quantitative estimate of drug-likeness (QED) is 0.0736. The average molecular weight is 1120 g/mol. The molecule has 67 heavy (non-hydrogen) atoms. The molecule has 0 saturated carbocycles. The molecule has 4 aromatic carbocycles. The number of nitrogens with zero attached hydrogens (tertiary/aromatic N) is 1. The number of anilines is 2. The molecule has 0 saturated heterocycles. The number of quaternary nitrogens is 1. The van der Waals surface area contributed by atoms with Crippen LogP contribution in [-0.2, 0) is 55.6 Å². The second kappa shape index (κ2) is 19.4. The molecule has 5 rings (SSSR count). The molecule has 0 unspecified atom stereocenters. The minimum Gasteiger partial charge on any atom is -1.00 e. The minimum atomic E-state index is -5.33. The first-order chi connectivity index (χ1) is 29.7. The Labute approximate surface area is 398 Å². The number of nitrogens with one attached hydrogen (secondary N) is 3. The summed E-state index contributed by atoms with van der Waals surface area (Å²) >= 11 is 0. The van der Waals surface area contributed by atoms with Gasteiger partial charge in [-0.15, -0.1) is 0 Å². The van der Waals surface area contributed by atoms with Gasteiger partial charge >= 0.3 is 24.7 Å². The van der Waals surface area contributed by atoms with Crippen molar-refractivity contribution in [3.63, 3.8) is 0 Å². The number of halogens is 13. The van der Waals surface area contributed by atoms with Gasteiger partial charge in [-0.25, -0.2) is 16.8 Å². The zero-order valence-corrected chi connectivity index (χ0v) is 41.7. The van der Waals surface area contributed by atoms with E-state index in [1.54, 1.807) is 51.0 Å². The smallest absolute Gasteiger partial charge is 0.416 e. The molecule has 0 amide bonds. The fourth-order valence-corrected chi connectivity index (χ4v) is 9.62. The van der Waals surface area contributed by atoms with Crippen molar-refractivity contribution in [3.8, 4) is 0 Å². The van der Waals surface area contributed by atoms with E-state index in [2.05, 4.69) is 32.7 Å². The largest absolute Gasteiger partial charge is 1.00 e. The Balaban J connectivity index is 0.00000108. The van der Waals surface area contributed by atoms with Gasteiger partial charge in [0.15, 0.2) is 0 Å². The molecular formula is C44H51F12IN4O4S2. The fourth-order valence-electron chi connectivity index (χ4n) is 7.12. The highest BCUT2D eigenvalue weighted by Gasteiger charge is 2.40. The number of fused-ring (bicyclic) bond motifs is 3. The molecule has 0 aliphatic rings. The van der Waals surface area contributed by atoms with Gasteiger partial charge < -0.3 is 33.4 Å². The molecule has 0 bridgehead atoms. The molecule has 5 aromatic rings. The van der Waals surface area contributed by atoms with Gasteiger partial charge in [0.25, 0.3) is 20.0 Å². The highest BCUT2D eigenvalue weighted by Crippen LogP contribution is 2.43. The zero-order chi connectivity index (χ0) is 50.6. The third-order valence-electron chi connectivity index (χ3n) is 11.4. The van der Waals surface area contributed by atoms with E-state index in [1.165, 1.54) is 42.8 Å². The molecule has 0 aliphatic carbocycles. The first-order valence-corrected chi connectivity index (χ1v) is 23.3. The number of benzene rings is 4. The van der Waals surface area contributed by atoms with Crippen LogP contribution in [0.4, 0.5) is 64.1 Å². The van der Waals surface area contributed by atoms with Crippen molar-refractivity contribution < 1.29 is 98.0 Å². The maximum atomic E-state index is 14.1. The zero-order valence-electron chi connectivity index (χ0n) is 37.9. The standard InChI is InChI=1S/C36H31F12N3O4S2.C8H20N.HI/c1-31(2,3)17-13-25-26-14-18(32(4,5)6)16-28(57(54,55)51-24-11-21(35(43,44)45)8-22(12-24)36(46,47)48)30(26)49-29(25)27(15-17)56(52,53)50-23-9-19(33(37,38)39)7-20(10-23)34(40,41)42;1-5-9(6-2,7-3)8-4;/h7-16,49-51H,1-6H3;5-8H2,1-4H3;1H/q;+1;/p-1. The Hall–Kier alpha value is -3.97. The van der Waals surface area contributed by atoms with Crippen molar-refractivity contribution in [2.75, 3.05) is 35.6 Å². The monoisotopic (exact) mass is 1120 g/mol. The molecule has 1 heterocycles. The van der Waals surface area contributed by atoms with Gasteiger partial charge in [-0.3, -0.25) is 9.44 Å². The molecule has 3 N–H and O–H groups in total. The molecule has 23 heteroatoms. The van der Waals surface area contributed by atoms with Crippen LogP contribution in [0.25, 0.3) is 21.8 Å². The number of hydrogen-bond donors (Lipinski definition) is 3.